The molecule has 138 valence electrons. The first-order chi connectivity index (χ1) is 13.2. The largest absolute Gasteiger partial charge is 0.488 e. The van der Waals surface area contributed by atoms with Gasteiger partial charge in [0.2, 0.25) is 5.91 Å². The Balaban J connectivity index is 1.29. The summed E-state index contributed by atoms with van der Waals surface area (Å²) in [5.41, 5.74) is 7.37. The van der Waals surface area contributed by atoms with Crippen molar-refractivity contribution in [1.82, 2.24) is 15.7 Å². The molecule has 1 aromatic heterocycles. The van der Waals surface area contributed by atoms with Gasteiger partial charge in [-0.25, -0.2) is 10.4 Å². The highest BCUT2D eigenvalue weighted by Gasteiger charge is 2.33. The minimum absolute atomic E-state index is 0.0131. The topological polar surface area (TPSA) is 104 Å². The molecule has 0 bridgehead atoms. The van der Waals surface area contributed by atoms with E-state index in [1.165, 1.54) is 11.3 Å². The number of para-hydroxylation sites is 1. The number of rotatable bonds is 4. The number of carbonyl (C=O) groups excluding carboxylic acids is 2. The van der Waals surface area contributed by atoms with E-state index in [4.69, 9.17) is 4.74 Å². The number of amides is 2. The fourth-order valence-corrected chi connectivity index (χ4v) is 3.93. The molecule has 9 heteroatoms. The molecule has 1 aliphatic carbocycles. The lowest BCUT2D eigenvalue weighted by atomic mass is 10.1. The Morgan fingerprint density at radius 3 is 2.96 bits per heavy atom. The van der Waals surface area contributed by atoms with Crippen molar-refractivity contribution in [2.24, 2.45) is 5.92 Å². The van der Waals surface area contributed by atoms with Crippen molar-refractivity contribution in [1.29, 1.82) is 0 Å². The molecule has 3 heterocycles. The number of nitrogens with zero attached hydrogens (tertiary/aromatic N) is 1. The molecule has 8 nitrogen and oxygen atoms in total. The Hall–Kier alpha value is -2.91. The fourth-order valence-electron chi connectivity index (χ4n) is 3.00. The number of nitrogens with one attached hydrogen (secondary N) is 4. The Morgan fingerprint density at radius 1 is 1.26 bits per heavy atom. The van der Waals surface area contributed by atoms with Gasteiger partial charge in [0.15, 0.2) is 10.9 Å². The van der Waals surface area contributed by atoms with E-state index in [2.05, 4.69) is 26.5 Å². The van der Waals surface area contributed by atoms with Crippen molar-refractivity contribution < 1.29 is 14.3 Å². The lowest BCUT2D eigenvalue weighted by Gasteiger charge is -2.19. The maximum absolute atomic E-state index is 12.6. The summed E-state index contributed by atoms with van der Waals surface area (Å²) < 4.78 is 5.64. The van der Waals surface area contributed by atoms with Crippen molar-refractivity contribution in [3.05, 3.63) is 40.3 Å². The second kappa shape index (κ2) is 6.36. The third kappa shape index (κ3) is 3.15. The molecule has 2 amide bonds. The predicted octanol–water partition coefficient (Wildman–Crippen LogP) is 2.01. The smallest absolute Gasteiger partial charge is 0.252 e. The molecular weight excluding hydrogens is 366 g/mol. The van der Waals surface area contributed by atoms with E-state index in [1.807, 2.05) is 30.3 Å². The summed E-state index contributed by atoms with van der Waals surface area (Å²) in [5.74, 6) is 1.31. The van der Waals surface area contributed by atoms with Gasteiger partial charge < -0.3 is 20.8 Å². The first-order valence-electron chi connectivity index (χ1n) is 8.74. The number of fused-ring (bicyclic) bond motifs is 2. The minimum atomic E-state index is -0.422. The predicted molar refractivity (Wildman–Crippen MR) is 101 cm³/mol. The maximum Gasteiger partial charge on any atom is 0.252 e. The maximum atomic E-state index is 12.6. The molecule has 2 aromatic rings. The highest BCUT2D eigenvalue weighted by molar-refractivity contribution is 7.16. The number of ether oxygens (including phenoxy) is 1. The molecule has 5 rings (SSSR count). The van der Waals surface area contributed by atoms with Crippen LogP contribution in [0.5, 0.6) is 5.75 Å². The summed E-state index contributed by atoms with van der Waals surface area (Å²) >= 11 is 1.35. The third-order valence-electron chi connectivity index (χ3n) is 4.63. The number of thiazole rings is 1. The van der Waals surface area contributed by atoms with Crippen LogP contribution in [0, 0.1) is 5.92 Å². The third-order valence-corrected chi connectivity index (χ3v) is 5.66. The highest BCUT2D eigenvalue weighted by atomic mass is 32.1. The zero-order valence-electron chi connectivity index (χ0n) is 14.2. The molecule has 27 heavy (non-hydrogen) atoms. The van der Waals surface area contributed by atoms with Gasteiger partial charge in [0.25, 0.3) is 5.91 Å². The number of aromatic nitrogens is 1. The van der Waals surface area contributed by atoms with E-state index in [0.717, 1.165) is 29.0 Å². The van der Waals surface area contributed by atoms with E-state index in [1.54, 1.807) is 0 Å². The van der Waals surface area contributed by atoms with Gasteiger partial charge >= 0.3 is 0 Å². The van der Waals surface area contributed by atoms with Gasteiger partial charge in [-0.3, -0.25) is 9.59 Å². The van der Waals surface area contributed by atoms with Crippen molar-refractivity contribution >= 4 is 40.2 Å². The van der Waals surface area contributed by atoms with Gasteiger partial charge in [0, 0.05) is 11.5 Å². The molecule has 1 fully saturated rings. The van der Waals surface area contributed by atoms with Crippen molar-refractivity contribution in [3.63, 3.8) is 0 Å². The summed E-state index contributed by atoms with van der Waals surface area (Å²) in [6, 6.07) is 7.59. The van der Waals surface area contributed by atoms with Gasteiger partial charge in [-0.05, 0) is 25.0 Å². The zero-order valence-corrected chi connectivity index (χ0v) is 15.1. The van der Waals surface area contributed by atoms with Crippen LogP contribution in [-0.2, 0) is 9.59 Å². The van der Waals surface area contributed by atoms with Crippen LogP contribution < -0.4 is 26.2 Å². The van der Waals surface area contributed by atoms with E-state index >= 15 is 0 Å². The van der Waals surface area contributed by atoms with Crippen LogP contribution in [0.4, 0.5) is 10.9 Å². The molecule has 1 saturated carbocycles. The molecule has 0 radical (unpaired) electrons. The molecule has 3 aliphatic rings. The SMILES string of the molecule is O=C(NC1NNc2nc(NC(=O)C3CC3)sc21)C1=Cc2ccccc2OC1. The molecule has 1 atom stereocenters. The first kappa shape index (κ1) is 16.3. The monoisotopic (exact) mass is 383 g/mol. The number of hydrogen-bond donors (Lipinski definition) is 4. The van der Waals surface area contributed by atoms with Gasteiger partial charge in [-0.15, -0.1) is 0 Å². The van der Waals surface area contributed by atoms with Crippen LogP contribution in [0.15, 0.2) is 29.8 Å². The zero-order chi connectivity index (χ0) is 18.4. The summed E-state index contributed by atoms with van der Waals surface area (Å²) in [6.45, 7) is 0.223. The first-order valence-corrected chi connectivity index (χ1v) is 9.55. The molecule has 1 unspecified atom stereocenters. The van der Waals surface area contributed by atoms with Crippen LogP contribution in [0.1, 0.15) is 29.4 Å². The molecular formula is C18H17N5O3S. The number of hydrogen-bond acceptors (Lipinski definition) is 7. The van der Waals surface area contributed by atoms with Crippen LogP contribution in [0.3, 0.4) is 0 Å². The normalized spacial score (nSPS) is 19.9. The summed E-state index contributed by atoms with van der Waals surface area (Å²) in [7, 11) is 0. The van der Waals surface area contributed by atoms with Gasteiger partial charge in [0.05, 0.1) is 10.5 Å². The Kier molecular flexibility index (Phi) is 3.83. The summed E-state index contributed by atoms with van der Waals surface area (Å²) in [4.78, 5) is 29.7. The van der Waals surface area contributed by atoms with E-state index < -0.39 is 6.17 Å². The molecule has 4 N–H and O–H groups in total. The van der Waals surface area contributed by atoms with Crippen molar-refractivity contribution in [2.45, 2.75) is 19.0 Å². The summed E-state index contributed by atoms with van der Waals surface area (Å²) in [6.07, 6.45) is 3.30. The minimum Gasteiger partial charge on any atom is -0.488 e. The average Bonchev–Trinajstić information content (AvgIpc) is 3.37. The second-order valence-electron chi connectivity index (χ2n) is 6.67. The van der Waals surface area contributed by atoms with Gasteiger partial charge in [-0.2, -0.15) is 0 Å². The standard InChI is InChI=1S/C18H17N5O3S/c24-16(9-5-6-9)21-18-20-15-13(27-18)14(22-23-15)19-17(25)11-7-10-3-1-2-4-12(10)26-8-11/h1-4,7,9,14,22-23H,5-6,8H2,(H,19,25)(H,20,21,24). The summed E-state index contributed by atoms with van der Waals surface area (Å²) in [5, 5.41) is 6.31. The van der Waals surface area contributed by atoms with E-state index in [0.29, 0.717) is 16.5 Å². The highest BCUT2D eigenvalue weighted by Crippen LogP contribution is 2.37. The van der Waals surface area contributed by atoms with Gasteiger partial charge in [0.1, 0.15) is 18.5 Å². The van der Waals surface area contributed by atoms with Crippen molar-refractivity contribution in [3.8, 4) is 5.75 Å². The van der Waals surface area contributed by atoms with Crippen LogP contribution in [0.25, 0.3) is 6.08 Å². The molecule has 2 aliphatic heterocycles. The molecule has 0 saturated heterocycles. The van der Waals surface area contributed by atoms with E-state index in [-0.39, 0.29) is 24.3 Å². The van der Waals surface area contributed by atoms with Crippen LogP contribution in [0.2, 0.25) is 0 Å². The Labute approximate surface area is 159 Å². The Morgan fingerprint density at radius 2 is 2.11 bits per heavy atom. The quantitative estimate of drug-likeness (QED) is 0.644. The average molecular weight is 383 g/mol. The number of carbonyl (C=O) groups is 2. The Bertz CT molecular complexity index is 966. The number of benzene rings is 1. The van der Waals surface area contributed by atoms with Crippen LogP contribution in [-0.4, -0.2) is 23.4 Å². The van der Waals surface area contributed by atoms with Gasteiger partial charge in [-0.1, -0.05) is 29.5 Å². The molecule has 0 spiro atoms. The lowest BCUT2D eigenvalue weighted by molar-refractivity contribution is -0.119. The van der Waals surface area contributed by atoms with Crippen molar-refractivity contribution in [2.75, 3.05) is 17.3 Å². The number of hydrazine groups is 1. The van der Waals surface area contributed by atoms with E-state index in [9.17, 15) is 9.59 Å². The lowest BCUT2D eigenvalue weighted by Crippen LogP contribution is -2.38. The second-order valence-corrected chi connectivity index (χ2v) is 7.70. The van der Waals surface area contributed by atoms with Crippen LogP contribution >= 0.6 is 11.3 Å². The fraction of sp³-hybridized carbons (Fsp3) is 0.278. The number of anilines is 2. The molecule has 1 aromatic carbocycles.